The van der Waals surface area contributed by atoms with Crippen LogP contribution in [0.4, 0.5) is 0 Å². The number of rotatable bonds is 6. The van der Waals surface area contributed by atoms with Gasteiger partial charge in [-0.3, -0.25) is 4.79 Å². The van der Waals surface area contributed by atoms with E-state index >= 15 is 0 Å². The van der Waals surface area contributed by atoms with E-state index in [2.05, 4.69) is 31.3 Å². The topological polar surface area (TPSA) is 38.3 Å². The Kier molecular flexibility index (Phi) is 5.21. The molecular weight excluding hydrogens is 274 g/mol. The number of ether oxygens (including phenoxy) is 1. The molecule has 0 radical (unpaired) electrons. The minimum Gasteiger partial charge on any atom is -0.497 e. The summed E-state index contributed by atoms with van der Waals surface area (Å²) in [6.07, 6.45) is 0.384. The van der Waals surface area contributed by atoms with Gasteiger partial charge in [-0.25, -0.2) is 0 Å². The molecule has 0 heterocycles. The average molecular weight is 297 g/mol. The van der Waals surface area contributed by atoms with Gasteiger partial charge in [0.15, 0.2) is 0 Å². The normalized spacial score (nSPS) is 11.0. The molecular formula is C19H23NO2. The van der Waals surface area contributed by atoms with Gasteiger partial charge in [-0.2, -0.15) is 0 Å². The molecule has 22 heavy (non-hydrogen) atoms. The van der Waals surface area contributed by atoms with Gasteiger partial charge in [-0.15, -0.1) is 0 Å². The second kappa shape index (κ2) is 7.12. The van der Waals surface area contributed by atoms with E-state index in [-0.39, 0.29) is 11.3 Å². The van der Waals surface area contributed by atoms with E-state index in [0.717, 1.165) is 11.3 Å². The third-order valence-corrected chi connectivity index (χ3v) is 3.81. The second-order valence-corrected chi connectivity index (χ2v) is 6.05. The zero-order valence-electron chi connectivity index (χ0n) is 13.4. The van der Waals surface area contributed by atoms with E-state index in [0.29, 0.717) is 13.0 Å². The first-order chi connectivity index (χ1) is 10.5. The summed E-state index contributed by atoms with van der Waals surface area (Å²) in [5.74, 6) is 0.837. The van der Waals surface area contributed by atoms with Crippen LogP contribution in [-0.4, -0.2) is 19.6 Å². The predicted molar refractivity (Wildman–Crippen MR) is 89.2 cm³/mol. The van der Waals surface area contributed by atoms with Gasteiger partial charge < -0.3 is 10.1 Å². The van der Waals surface area contributed by atoms with Crippen molar-refractivity contribution in [2.75, 3.05) is 13.7 Å². The van der Waals surface area contributed by atoms with Crippen LogP contribution in [0.2, 0.25) is 0 Å². The molecule has 0 aromatic heterocycles. The maximum atomic E-state index is 12.1. The molecule has 2 rings (SSSR count). The summed E-state index contributed by atoms with van der Waals surface area (Å²) in [6.45, 7) is 4.89. The molecule has 0 unspecified atom stereocenters. The Morgan fingerprint density at radius 1 is 1.05 bits per heavy atom. The summed E-state index contributed by atoms with van der Waals surface area (Å²) in [6, 6.07) is 17.8. The minimum absolute atomic E-state index is 0.0363. The summed E-state index contributed by atoms with van der Waals surface area (Å²) in [5.41, 5.74) is 2.12. The molecule has 0 saturated carbocycles. The highest BCUT2D eigenvalue weighted by Gasteiger charge is 2.20. The maximum Gasteiger partial charge on any atom is 0.224 e. The summed E-state index contributed by atoms with van der Waals surface area (Å²) in [7, 11) is 1.63. The SMILES string of the molecule is COc1ccc(CC(=O)NCC(C)(C)c2ccccc2)cc1. The molecule has 0 aliphatic carbocycles. The number of nitrogens with one attached hydrogen (secondary N) is 1. The highest BCUT2D eigenvalue weighted by atomic mass is 16.5. The first kappa shape index (κ1) is 16.1. The van der Waals surface area contributed by atoms with E-state index < -0.39 is 0 Å². The number of hydrogen-bond donors (Lipinski definition) is 1. The molecule has 2 aromatic carbocycles. The molecule has 116 valence electrons. The lowest BCUT2D eigenvalue weighted by molar-refractivity contribution is -0.120. The zero-order chi connectivity index (χ0) is 16.0. The fraction of sp³-hybridized carbons (Fsp3) is 0.316. The van der Waals surface area contributed by atoms with E-state index in [1.165, 1.54) is 5.56 Å². The minimum atomic E-state index is -0.0865. The number of hydrogen-bond acceptors (Lipinski definition) is 2. The van der Waals surface area contributed by atoms with E-state index in [4.69, 9.17) is 4.74 Å². The van der Waals surface area contributed by atoms with Crippen LogP contribution < -0.4 is 10.1 Å². The predicted octanol–water partition coefficient (Wildman–Crippen LogP) is 3.33. The Balaban J connectivity index is 1.89. The molecule has 2 aromatic rings. The number of benzene rings is 2. The van der Waals surface area contributed by atoms with Gasteiger partial charge >= 0.3 is 0 Å². The second-order valence-electron chi connectivity index (χ2n) is 6.05. The van der Waals surface area contributed by atoms with Gasteiger partial charge in [0.2, 0.25) is 5.91 Å². The summed E-state index contributed by atoms with van der Waals surface area (Å²) < 4.78 is 5.11. The average Bonchev–Trinajstić information content (AvgIpc) is 2.55. The van der Waals surface area contributed by atoms with E-state index in [9.17, 15) is 4.79 Å². The van der Waals surface area contributed by atoms with Crippen molar-refractivity contribution in [1.82, 2.24) is 5.32 Å². The van der Waals surface area contributed by atoms with E-state index in [1.54, 1.807) is 7.11 Å². The van der Waals surface area contributed by atoms with E-state index in [1.807, 2.05) is 42.5 Å². The van der Waals surface area contributed by atoms with Gasteiger partial charge in [0.25, 0.3) is 0 Å². The van der Waals surface area contributed by atoms with Crippen molar-refractivity contribution in [2.45, 2.75) is 25.7 Å². The van der Waals surface area contributed by atoms with Crippen LogP contribution in [-0.2, 0) is 16.6 Å². The molecule has 0 spiro atoms. The third-order valence-electron chi connectivity index (χ3n) is 3.81. The summed E-state index contributed by atoms with van der Waals surface area (Å²) in [5, 5.41) is 3.03. The Morgan fingerprint density at radius 3 is 2.27 bits per heavy atom. The summed E-state index contributed by atoms with van der Waals surface area (Å²) >= 11 is 0. The van der Waals surface area contributed by atoms with Crippen molar-refractivity contribution in [3.63, 3.8) is 0 Å². The Bertz CT molecular complexity index is 603. The molecule has 0 aliphatic rings. The quantitative estimate of drug-likeness (QED) is 0.888. The Labute approximate surface area is 132 Å². The highest BCUT2D eigenvalue weighted by molar-refractivity contribution is 5.78. The van der Waals surface area contributed by atoms with Crippen LogP contribution in [0.1, 0.15) is 25.0 Å². The number of amides is 1. The Hall–Kier alpha value is -2.29. The molecule has 0 bridgehead atoms. The standard InChI is InChI=1S/C19H23NO2/c1-19(2,16-7-5-4-6-8-16)14-20-18(21)13-15-9-11-17(22-3)12-10-15/h4-12H,13-14H2,1-3H3,(H,20,21). The van der Waals surface area contributed by atoms with Crippen molar-refractivity contribution < 1.29 is 9.53 Å². The molecule has 0 saturated heterocycles. The number of methoxy groups -OCH3 is 1. The molecule has 1 N–H and O–H groups in total. The largest absolute Gasteiger partial charge is 0.497 e. The fourth-order valence-corrected chi connectivity index (χ4v) is 2.30. The molecule has 3 heteroatoms. The lowest BCUT2D eigenvalue weighted by atomic mass is 9.84. The van der Waals surface area contributed by atoms with Crippen molar-refractivity contribution >= 4 is 5.91 Å². The number of carbonyl (C=O) groups excluding carboxylic acids is 1. The lowest BCUT2D eigenvalue weighted by Gasteiger charge is -2.25. The van der Waals surface area contributed by atoms with Gasteiger partial charge in [-0.1, -0.05) is 56.3 Å². The van der Waals surface area contributed by atoms with Crippen LogP contribution in [0.3, 0.4) is 0 Å². The van der Waals surface area contributed by atoms with Crippen molar-refractivity contribution in [3.8, 4) is 5.75 Å². The first-order valence-corrected chi connectivity index (χ1v) is 7.46. The van der Waals surface area contributed by atoms with Gasteiger partial charge in [0.1, 0.15) is 5.75 Å². The van der Waals surface area contributed by atoms with Gasteiger partial charge in [0.05, 0.1) is 13.5 Å². The van der Waals surface area contributed by atoms with Crippen molar-refractivity contribution in [3.05, 3.63) is 65.7 Å². The van der Waals surface area contributed by atoms with Gasteiger partial charge in [-0.05, 0) is 23.3 Å². The molecule has 3 nitrogen and oxygen atoms in total. The van der Waals surface area contributed by atoms with Crippen molar-refractivity contribution in [2.24, 2.45) is 0 Å². The zero-order valence-corrected chi connectivity index (χ0v) is 13.4. The third kappa shape index (κ3) is 4.35. The van der Waals surface area contributed by atoms with Crippen LogP contribution >= 0.6 is 0 Å². The van der Waals surface area contributed by atoms with Crippen LogP contribution in [0.25, 0.3) is 0 Å². The molecule has 0 aliphatic heterocycles. The Morgan fingerprint density at radius 2 is 1.68 bits per heavy atom. The highest BCUT2D eigenvalue weighted by Crippen LogP contribution is 2.21. The molecule has 0 atom stereocenters. The number of carbonyl (C=O) groups is 1. The van der Waals surface area contributed by atoms with Gasteiger partial charge in [0, 0.05) is 12.0 Å². The molecule has 1 amide bonds. The maximum absolute atomic E-state index is 12.1. The first-order valence-electron chi connectivity index (χ1n) is 7.46. The van der Waals surface area contributed by atoms with Crippen molar-refractivity contribution in [1.29, 1.82) is 0 Å². The van der Waals surface area contributed by atoms with Crippen LogP contribution in [0.15, 0.2) is 54.6 Å². The smallest absolute Gasteiger partial charge is 0.224 e. The van der Waals surface area contributed by atoms with Crippen LogP contribution in [0.5, 0.6) is 5.75 Å². The van der Waals surface area contributed by atoms with Crippen LogP contribution in [0, 0.1) is 0 Å². The molecule has 0 fully saturated rings. The summed E-state index contributed by atoms with van der Waals surface area (Å²) in [4.78, 5) is 12.1. The monoisotopic (exact) mass is 297 g/mol. The fourth-order valence-electron chi connectivity index (χ4n) is 2.30. The lowest BCUT2D eigenvalue weighted by Crippen LogP contribution is -2.37.